The second-order valence-corrected chi connectivity index (χ2v) is 5.10. The van der Waals surface area contributed by atoms with Crippen LogP contribution in [0.1, 0.15) is 30.5 Å². The van der Waals surface area contributed by atoms with E-state index in [0.717, 1.165) is 43.7 Å². The summed E-state index contributed by atoms with van der Waals surface area (Å²) in [6, 6.07) is 4.14. The number of fused-ring (bicyclic) bond motifs is 1. The number of rotatable bonds is 7. The lowest BCUT2D eigenvalue weighted by molar-refractivity contribution is -0.120. The number of unbranched alkanes of at least 4 members (excludes halogenated alkanes) is 1. The number of nitrogens with one attached hydrogen (secondary N) is 1. The summed E-state index contributed by atoms with van der Waals surface area (Å²) in [5, 5.41) is 13.2. The molecule has 2 heterocycles. The Labute approximate surface area is 117 Å². The molecule has 0 aliphatic carbocycles. The molecule has 0 bridgehead atoms. The van der Waals surface area contributed by atoms with Crippen molar-refractivity contribution in [1.82, 2.24) is 10.0 Å². The number of nitrogens with zero attached hydrogens (tertiary/aromatic N) is 2. The number of pyridine rings is 1. The number of halogens is 2. The molecule has 1 aromatic rings. The number of hydrogen-bond acceptors (Lipinski definition) is 4. The smallest absolute Gasteiger partial charge is 0.253 e. The van der Waals surface area contributed by atoms with Crippen LogP contribution in [-0.4, -0.2) is 41.3 Å². The zero-order valence-corrected chi connectivity index (χ0v) is 11.5. The van der Waals surface area contributed by atoms with Crippen molar-refractivity contribution in [3.8, 4) is 0 Å². The van der Waals surface area contributed by atoms with E-state index in [9.17, 15) is 14.0 Å². The zero-order chi connectivity index (χ0) is 14.4. The van der Waals surface area contributed by atoms with Gasteiger partial charge in [-0.1, -0.05) is 6.07 Å². The minimum absolute atomic E-state index is 0.271. The van der Waals surface area contributed by atoms with E-state index >= 15 is 0 Å². The van der Waals surface area contributed by atoms with Gasteiger partial charge in [0.15, 0.2) is 0 Å². The van der Waals surface area contributed by atoms with E-state index in [-0.39, 0.29) is 6.54 Å². The first-order chi connectivity index (χ1) is 9.65. The second-order valence-electron chi connectivity index (χ2n) is 5.10. The predicted molar refractivity (Wildman–Crippen MR) is 73.3 cm³/mol. The van der Waals surface area contributed by atoms with Gasteiger partial charge in [0.2, 0.25) is 0 Å². The molecule has 0 unspecified atom stereocenters. The Morgan fingerprint density at radius 2 is 2.20 bits per heavy atom. The van der Waals surface area contributed by atoms with Crippen LogP contribution in [0.3, 0.4) is 0 Å². The summed E-state index contributed by atoms with van der Waals surface area (Å²) < 4.78 is 24.0. The lowest BCUT2D eigenvalue weighted by Crippen LogP contribution is -2.26. The average molecular weight is 285 g/mol. The highest BCUT2D eigenvalue weighted by Gasteiger charge is 2.11. The average Bonchev–Trinajstić information content (AvgIpc) is 2.43. The predicted octanol–water partition coefficient (Wildman–Crippen LogP) is 2.72. The summed E-state index contributed by atoms with van der Waals surface area (Å²) in [5.74, 6) is 0.982. The van der Waals surface area contributed by atoms with Gasteiger partial charge in [0.25, 0.3) is 6.43 Å². The number of anilines is 1. The Bertz CT molecular complexity index is 429. The molecule has 20 heavy (non-hydrogen) atoms. The van der Waals surface area contributed by atoms with Gasteiger partial charge < -0.3 is 10.5 Å². The number of aryl methyl sites for hydroxylation is 2. The van der Waals surface area contributed by atoms with Crippen LogP contribution in [0.15, 0.2) is 12.1 Å². The molecule has 1 aliphatic rings. The third-order valence-corrected chi connectivity index (χ3v) is 3.40. The van der Waals surface area contributed by atoms with E-state index in [1.807, 2.05) is 6.07 Å². The molecule has 2 N–H and O–H groups in total. The number of hydroxylamine groups is 2. The highest BCUT2D eigenvalue weighted by Crippen LogP contribution is 2.20. The van der Waals surface area contributed by atoms with Crippen molar-refractivity contribution >= 4 is 5.82 Å². The van der Waals surface area contributed by atoms with Crippen molar-refractivity contribution in [2.75, 3.05) is 25.0 Å². The van der Waals surface area contributed by atoms with Gasteiger partial charge in [-0.05, 0) is 43.7 Å². The van der Waals surface area contributed by atoms with Crippen molar-refractivity contribution in [3.63, 3.8) is 0 Å². The lowest BCUT2D eigenvalue weighted by atomic mass is 10.1. The molecule has 0 atom stereocenters. The maximum atomic E-state index is 12.0. The molecule has 0 saturated heterocycles. The SMILES string of the molecule is ON(CCCCc1ccc2c(n1)NCCC2)CC(F)F. The molecule has 0 fully saturated rings. The molecule has 4 nitrogen and oxygen atoms in total. The first-order valence-electron chi connectivity index (χ1n) is 7.10. The van der Waals surface area contributed by atoms with Gasteiger partial charge >= 0.3 is 0 Å². The fourth-order valence-electron chi connectivity index (χ4n) is 2.36. The molecular formula is C14H21F2N3O. The van der Waals surface area contributed by atoms with Gasteiger partial charge in [0, 0.05) is 18.8 Å². The fourth-order valence-corrected chi connectivity index (χ4v) is 2.36. The van der Waals surface area contributed by atoms with Crippen molar-refractivity contribution in [2.24, 2.45) is 0 Å². The summed E-state index contributed by atoms with van der Waals surface area (Å²) in [6.07, 6.45) is 2.03. The van der Waals surface area contributed by atoms with Crippen molar-refractivity contribution in [2.45, 2.75) is 38.5 Å². The number of hydrogen-bond donors (Lipinski definition) is 2. The molecule has 1 aliphatic heterocycles. The topological polar surface area (TPSA) is 48.4 Å². The van der Waals surface area contributed by atoms with Crippen LogP contribution in [0.4, 0.5) is 14.6 Å². The molecular weight excluding hydrogens is 264 g/mol. The van der Waals surface area contributed by atoms with Crippen LogP contribution in [0.25, 0.3) is 0 Å². The number of aromatic nitrogens is 1. The van der Waals surface area contributed by atoms with E-state index in [2.05, 4.69) is 16.4 Å². The van der Waals surface area contributed by atoms with Crippen molar-refractivity contribution < 1.29 is 14.0 Å². The normalized spacial score (nSPS) is 14.4. The van der Waals surface area contributed by atoms with Gasteiger partial charge in [-0.25, -0.2) is 13.8 Å². The van der Waals surface area contributed by atoms with Crippen LogP contribution >= 0.6 is 0 Å². The minimum atomic E-state index is -2.49. The van der Waals surface area contributed by atoms with Crippen LogP contribution < -0.4 is 5.32 Å². The third-order valence-electron chi connectivity index (χ3n) is 3.40. The van der Waals surface area contributed by atoms with Gasteiger partial charge in [-0.3, -0.25) is 0 Å². The van der Waals surface area contributed by atoms with Crippen LogP contribution in [0.2, 0.25) is 0 Å². The Balaban J connectivity index is 1.72. The van der Waals surface area contributed by atoms with Crippen molar-refractivity contribution in [1.29, 1.82) is 0 Å². The molecule has 6 heteroatoms. The largest absolute Gasteiger partial charge is 0.370 e. The zero-order valence-electron chi connectivity index (χ0n) is 11.5. The summed E-state index contributed by atoms with van der Waals surface area (Å²) in [7, 11) is 0. The lowest BCUT2D eigenvalue weighted by Gasteiger charge is -2.17. The number of alkyl halides is 2. The fraction of sp³-hybridized carbons (Fsp3) is 0.643. The maximum Gasteiger partial charge on any atom is 0.253 e. The van der Waals surface area contributed by atoms with E-state index in [0.29, 0.717) is 11.5 Å². The first kappa shape index (κ1) is 15.1. The van der Waals surface area contributed by atoms with E-state index in [4.69, 9.17) is 0 Å². The molecule has 0 amide bonds. The Kier molecular flexibility index (Phi) is 5.67. The maximum absolute atomic E-state index is 12.0. The molecule has 0 radical (unpaired) electrons. The summed E-state index contributed by atoms with van der Waals surface area (Å²) in [6.45, 7) is 0.658. The standard InChI is InChI=1S/C14H21F2N3O/c15-13(16)10-19(20)9-2-1-5-12-7-6-11-4-3-8-17-14(11)18-12/h6-7,13,20H,1-5,8-10H2,(H,17,18). The third kappa shape index (κ3) is 4.68. The second kappa shape index (κ2) is 7.50. The van der Waals surface area contributed by atoms with Crippen molar-refractivity contribution in [3.05, 3.63) is 23.4 Å². The minimum Gasteiger partial charge on any atom is -0.370 e. The first-order valence-corrected chi connectivity index (χ1v) is 7.10. The monoisotopic (exact) mass is 285 g/mol. The molecule has 0 saturated carbocycles. The molecule has 112 valence electrons. The van der Waals surface area contributed by atoms with Gasteiger partial charge in [0.05, 0.1) is 6.54 Å². The molecule has 0 spiro atoms. The highest BCUT2D eigenvalue weighted by molar-refractivity contribution is 5.46. The van der Waals surface area contributed by atoms with Crippen LogP contribution in [0.5, 0.6) is 0 Å². The Morgan fingerprint density at radius 3 is 3.00 bits per heavy atom. The van der Waals surface area contributed by atoms with E-state index in [1.54, 1.807) is 0 Å². The summed E-state index contributed by atoms with van der Waals surface area (Å²) in [4.78, 5) is 4.57. The van der Waals surface area contributed by atoms with E-state index in [1.165, 1.54) is 5.56 Å². The summed E-state index contributed by atoms with van der Waals surface area (Å²) >= 11 is 0. The van der Waals surface area contributed by atoms with Crippen LogP contribution in [0, 0.1) is 0 Å². The van der Waals surface area contributed by atoms with E-state index < -0.39 is 13.0 Å². The molecule has 1 aromatic heterocycles. The highest BCUT2D eigenvalue weighted by atomic mass is 19.3. The molecule has 2 rings (SSSR count). The van der Waals surface area contributed by atoms with Crippen LogP contribution in [-0.2, 0) is 12.8 Å². The van der Waals surface area contributed by atoms with Gasteiger partial charge in [-0.2, -0.15) is 5.06 Å². The quantitative estimate of drug-likeness (QED) is 0.597. The Hall–Kier alpha value is -1.27. The van der Waals surface area contributed by atoms with Gasteiger partial charge in [0.1, 0.15) is 5.82 Å². The Morgan fingerprint density at radius 1 is 1.35 bits per heavy atom. The summed E-state index contributed by atoms with van der Waals surface area (Å²) in [5.41, 5.74) is 2.27. The van der Waals surface area contributed by atoms with Gasteiger partial charge in [-0.15, -0.1) is 0 Å². The molecule has 0 aromatic carbocycles.